The SMILES string of the molecule is Cc1cccc(CCNC(=O)c2cccc3c2CCCN3)c1. The molecule has 1 aliphatic heterocycles. The van der Waals surface area contributed by atoms with Crippen LogP contribution in [0.15, 0.2) is 42.5 Å². The van der Waals surface area contributed by atoms with Gasteiger partial charge in [-0.2, -0.15) is 0 Å². The number of carbonyl (C=O) groups excluding carboxylic acids is 1. The third-order valence-electron chi connectivity index (χ3n) is 4.12. The van der Waals surface area contributed by atoms with Crippen molar-refractivity contribution < 1.29 is 4.79 Å². The molecule has 0 spiro atoms. The lowest BCUT2D eigenvalue weighted by atomic mass is 9.97. The van der Waals surface area contributed by atoms with Crippen molar-refractivity contribution in [2.24, 2.45) is 0 Å². The van der Waals surface area contributed by atoms with E-state index in [0.29, 0.717) is 6.54 Å². The smallest absolute Gasteiger partial charge is 0.251 e. The van der Waals surface area contributed by atoms with Crippen LogP contribution in [0.3, 0.4) is 0 Å². The van der Waals surface area contributed by atoms with E-state index < -0.39 is 0 Å². The molecule has 2 aromatic carbocycles. The Labute approximate surface area is 131 Å². The molecule has 0 aliphatic carbocycles. The van der Waals surface area contributed by atoms with E-state index in [1.807, 2.05) is 12.1 Å². The summed E-state index contributed by atoms with van der Waals surface area (Å²) in [6.07, 6.45) is 2.92. The van der Waals surface area contributed by atoms with E-state index in [4.69, 9.17) is 0 Å². The van der Waals surface area contributed by atoms with Crippen LogP contribution >= 0.6 is 0 Å². The van der Waals surface area contributed by atoms with Crippen LogP contribution in [0.4, 0.5) is 5.69 Å². The standard InChI is InChI=1S/C19H22N2O/c1-14-5-2-6-15(13-14)10-12-21-19(22)17-7-3-9-18-16(17)8-4-11-20-18/h2-3,5-7,9,13,20H,4,8,10-12H2,1H3,(H,21,22). The molecule has 0 saturated carbocycles. The Kier molecular flexibility index (Phi) is 4.42. The Morgan fingerprint density at radius 3 is 2.95 bits per heavy atom. The normalized spacial score (nSPS) is 13.1. The van der Waals surface area contributed by atoms with E-state index in [2.05, 4.69) is 47.9 Å². The number of rotatable bonds is 4. The number of hydrogen-bond acceptors (Lipinski definition) is 2. The third-order valence-corrected chi connectivity index (χ3v) is 4.12. The number of benzene rings is 2. The van der Waals surface area contributed by atoms with Gasteiger partial charge in [-0.1, -0.05) is 35.9 Å². The van der Waals surface area contributed by atoms with Gasteiger partial charge in [0.05, 0.1) is 0 Å². The van der Waals surface area contributed by atoms with Crippen molar-refractivity contribution in [3.8, 4) is 0 Å². The summed E-state index contributed by atoms with van der Waals surface area (Å²) in [4.78, 5) is 12.4. The molecule has 0 atom stereocenters. The van der Waals surface area contributed by atoms with Crippen molar-refractivity contribution in [1.82, 2.24) is 5.32 Å². The summed E-state index contributed by atoms with van der Waals surface area (Å²) in [5, 5.41) is 6.42. The zero-order chi connectivity index (χ0) is 15.4. The summed E-state index contributed by atoms with van der Waals surface area (Å²) in [6.45, 7) is 3.75. The lowest BCUT2D eigenvalue weighted by molar-refractivity contribution is 0.0953. The first-order chi connectivity index (χ1) is 10.7. The van der Waals surface area contributed by atoms with Gasteiger partial charge in [-0.25, -0.2) is 0 Å². The summed E-state index contributed by atoms with van der Waals surface area (Å²) in [6, 6.07) is 14.4. The first-order valence-electron chi connectivity index (χ1n) is 7.93. The van der Waals surface area contributed by atoms with Gasteiger partial charge in [0.15, 0.2) is 0 Å². The maximum absolute atomic E-state index is 12.4. The first kappa shape index (κ1) is 14.6. The molecule has 0 fully saturated rings. The van der Waals surface area contributed by atoms with Crippen LogP contribution in [0.2, 0.25) is 0 Å². The molecule has 3 rings (SSSR count). The van der Waals surface area contributed by atoms with Crippen molar-refractivity contribution in [3.63, 3.8) is 0 Å². The van der Waals surface area contributed by atoms with Crippen molar-refractivity contribution in [2.75, 3.05) is 18.4 Å². The fraction of sp³-hybridized carbons (Fsp3) is 0.316. The average molecular weight is 294 g/mol. The largest absolute Gasteiger partial charge is 0.385 e. The molecular formula is C19H22N2O. The van der Waals surface area contributed by atoms with E-state index in [0.717, 1.165) is 42.6 Å². The maximum atomic E-state index is 12.4. The summed E-state index contributed by atoms with van der Waals surface area (Å²) in [5.41, 5.74) is 5.59. The Bertz CT molecular complexity index is 679. The van der Waals surface area contributed by atoms with Crippen LogP contribution in [0, 0.1) is 6.92 Å². The van der Waals surface area contributed by atoms with Crippen molar-refractivity contribution in [2.45, 2.75) is 26.2 Å². The quantitative estimate of drug-likeness (QED) is 0.908. The predicted octanol–water partition coefficient (Wildman–Crippen LogP) is 3.33. The van der Waals surface area contributed by atoms with Gasteiger partial charge in [-0.05, 0) is 49.4 Å². The molecule has 1 amide bonds. The van der Waals surface area contributed by atoms with E-state index in [1.165, 1.54) is 11.1 Å². The highest BCUT2D eigenvalue weighted by Gasteiger charge is 2.16. The minimum Gasteiger partial charge on any atom is -0.385 e. The molecule has 1 heterocycles. The Hall–Kier alpha value is -2.29. The van der Waals surface area contributed by atoms with Crippen LogP contribution in [-0.2, 0) is 12.8 Å². The third kappa shape index (κ3) is 3.30. The molecule has 0 bridgehead atoms. The maximum Gasteiger partial charge on any atom is 0.251 e. The fourth-order valence-electron chi connectivity index (χ4n) is 3.01. The minimum absolute atomic E-state index is 0.0354. The number of carbonyl (C=O) groups is 1. The minimum atomic E-state index is 0.0354. The highest BCUT2D eigenvalue weighted by Crippen LogP contribution is 2.25. The molecule has 0 saturated heterocycles. The highest BCUT2D eigenvalue weighted by atomic mass is 16.1. The Morgan fingerprint density at radius 1 is 1.23 bits per heavy atom. The van der Waals surface area contributed by atoms with Crippen molar-refractivity contribution >= 4 is 11.6 Å². The van der Waals surface area contributed by atoms with Crippen LogP contribution in [0.5, 0.6) is 0 Å². The molecule has 0 aromatic heterocycles. The topological polar surface area (TPSA) is 41.1 Å². The van der Waals surface area contributed by atoms with Gasteiger partial charge < -0.3 is 10.6 Å². The summed E-state index contributed by atoms with van der Waals surface area (Å²) in [7, 11) is 0. The number of amides is 1. The number of aryl methyl sites for hydroxylation is 1. The molecule has 22 heavy (non-hydrogen) atoms. The van der Waals surface area contributed by atoms with Crippen LogP contribution in [0.25, 0.3) is 0 Å². The summed E-state index contributed by atoms with van der Waals surface area (Å²) in [5.74, 6) is 0.0354. The van der Waals surface area contributed by atoms with Crippen molar-refractivity contribution in [1.29, 1.82) is 0 Å². The van der Waals surface area contributed by atoms with E-state index in [9.17, 15) is 4.79 Å². The van der Waals surface area contributed by atoms with E-state index in [-0.39, 0.29) is 5.91 Å². The lowest BCUT2D eigenvalue weighted by Gasteiger charge is -2.20. The highest BCUT2D eigenvalue weighted by molar-refractivity contribution is 5.97. The first-order valence-corrected chi connectivity index (χ1v) is 7.93. The predicted molar refractivity (Wildman–Crippen MR) is 90.5 cm³/mol. The molecule has 0 radical (unpaired) electrons. The Balaban J connectivity index is 1.63. The number of fused-ring (bicyclic) bond motifs is 1. The number of anilines is 1. The van der Waals surface area contributed by atoms with E-state index in [1.54, 1.807) is 0 Å². The molecule has 3 nitrogen and oxygen atoms in total. The molecule has 114 valence electrons. The fourth-order valence-corrected chi connectivity index (χ4v) is 3.01. The number of hydrogen-bond donors (Lipinski definition) is 2. The second kappa shape index (κ2) is 6.65. The summed E-state index contributed by atoms with van der Waals surface area (Å²) < 4.78 is 0. The van der Waals surface area contributed by atoms with Gasteiger partial charge in [0.1, 0.15) is 0 Å². The van der Waals surface area contributed by atoms with Gasteiger partial charge in [-0.15, -0.1) is 0 Å². The molecule has 2 aromatic rings. The monoisotopic (exact) mass is 294 g/mol. The second-order valence-electron chi connectivity index (χ2n) is 5.86. The summed E-state index contributed by atoms with van der Waals surface area (Å²) >= 11 is 0. The number of nitrogens with one attached hydrogen (secondary N) is 2. The molecule has 3 heteroatoms. The average Bonchev–Trinajstić information content (AvgIpc) is 2.54. The molecule has 1 aliphatic rings. The zero-order valence-electron chi connectivity index (χ0n) is 13.0. The Morgan fingerprint density at radius 2 is 2.09 bits per heavy atom. The zero-order valence-corrected chi connectivity index (χ0v) is 13.0. The molecule has 2 N–H and O–H groups in total. The van der Waals surface area contributed by atoms with E-state index >= 15 is 0 Å². The van der Waals surface area contributed by atoms with Crippen LogP contribution < -0.4 is 10.6 Å². The van der Waals surface area contributed by atoms with Crippen LogP contribution in [-0.4, -0.2) is 19.0 Å². The van der Waals surface area contributed by atoms with Gasteiger partial charge in [0.25, 0.3) is 5.91 Å². The van der Waals surface area contributed by atoms with Gasteiger partial charge in [0.2, 0.25) is 0 Å². The van der Waals surface area contributed by atoms with Gasteiger partial charge in [0, 0.05) is 24.3 Å². The second-order valence-corrected chi connectivity index (χ2v) is 5.86. The van der Waals surface area contributed by atoms with Crippen LogP contribution in [0.1, 0.15) is 33.5 Å². The van der Waals surface area contributed by atoms with Crippen molar-refractivity contribution in [3.05, 3.63) is 64.7 Å². The molecular weight excluding hydrogens is 272 g/mol. The van der Waals surface area contributed by atoms with Gasteiger partial charge >= 0.3 is 0 Å². The lowest BCUT2D eigenvalue weighted by Crippen LogP contribution is -2.27. The molecule has 0 unspecified atom stereocenters. The van der Waals surface area contributed by atoms with Gasteiger partial charge in [-0.3, -0.25) is 4.79 Å².